The van der Waals surface area contributed by atoms with E-state index in [-0.39, 0.29) is 12.1 Å². The Hall–Kier alpha value is -3.53. The standard InChI is InChI=1S/C37H39N3O3/c1-22-18-27-28-20-37(41)30-19-24-12-13-29(42-2)34-31(24)36(37,14-17-39(30)21-23-10-11-23)35(43-34)33(28)40(16-7-3-6-15-38)32(27)26-9-5-4-8-25(22)26/h4-5,8-9,12-13,18,23,30,35,41H,3,6-7,10-11,14,16-17,19-21H2,1-2H3/t30-,35?,36+,37?/m1/s1. The smallest absolute Gasteiger partial charge is 0.166 e. The zero-order valence-corrected chi connectivity index (χ0v) is 25.2. The molecule has 9 rings (SSSR count). The highest BCUT2D eigenvalue weighted by atomic mass is 16.5. The molecule has 2 unspecified atom stereocenters. The van der Waals surface area contributed by atoms with Gasteiger partial charge in [0.1, 0.15) is 0 Å². The molecular formula is C37H39N3O3. The van der Waals surface area contributed by atoms with Gasteiger partial charge in [0.15, 0.2) is 17.6 Å². The summed E-state index contributed by atoms with van der Waals surface area (Å²) >= 11 is 0. The minimum absolute atomic E-state index is 0.0588. The topological polar surface area (TPSA) is 70.6 Å². The highest BCUT2D eigenvalue weighted by molar-refractivity contribution is 6.09. The first-order valence-corrected chi connectivity index (χ1v) is 16.2. The van der Waals surface area contributed by atoms with Crippen molar-refractivity contribution in [1.29, 1.82) is 5.26 Å². The van der Waals surface area contributed by atoms with Crippen molar-refractivity contribution in [2.24, 2.45) is 5.92 Å². The molecule has 4 atom stereocenters. The Balaban J connectivity index is 1.34. The van der Waals surface area contributed by atoms with Crippen LogP contribution in [0.3, 0.4) is 0 Å². The quantitative estimate of drug-likeness (QED) is 0.256. The summed E-state index contributed by atoms with van der Waals surface area (Å²) in [6.45, 7) is 5.11. The fourth-order valence-electron chi connectivity index (χ4n) is 9.75. The van der Waals surface area contributed by atoms with Crippen LogP contribution in [0, 0.1) is 24.2 Å². The number of benzene rings is 3. The Morgan fingerprint density at radius 3 is 2.74 bits per heavy atom. The van der Waals surface area contributed by atoms with E-state index in [1.54, 1.807) is 7.11 Å². The Labute approximate surface area is 252 Å². The van der Waals surface area contributed by atoms with Crippen LogP contribution >= 0.6 is 0 Å². The fraction of sp³-hybridized carbons (Fsp3) is 0.486. The molecule has 220 valence electrons. The van der Waals surface area contributed by atoms with Gasteiger partial charge in [-0.25, -0.2) is 0 Å². The van der Waals surface area contributed by atoms with Crippen molar-refractivity contribution in [2.45, 2.75) is 88.0 Å². The second-order valence-electron chi connectivity index (χ2n) is 13.9. The van der Waals surface area contributed by atoms with Gasteiger partial charge in [-0.05, 0) is 92.1 Å². The van der Waals surface area contributed by atoms with E-state index in [9.17, 15) is 10.4 Å². The third-order valence-corrected chi connectivity index (χ3v) is 11.8. The number of methoxy groups -OCH3 is 1. The SMILES string of the molecule is COc1ccc2c3c1OC1c4c(c5cc(C)c6ccccc6c5n4CCCCC#N)CC4(O)[C@@H](C2)N(CC2CC2)CC[C@]314. The molecule has 1 saturated carbocycles. The molecule has 6 heteroatoms. The minimum atomic E-state index is -0.943. The molecule has 1 spiro atoms. The molecular weight excluding hydrogens is 534 g/mol. The summed E-state index contributed by atoms with van der Waals surface area (Å²) < 4.78 is 15.6. The molecule has 3 heterocycles. The van der Waals surface area contributed by atoms with Crippen molar-refractivity contribution < 1.29 is 14.6 Å². The van der Waals surface area contributed by atoms with Gasteiger partial charge in [-0.15, -0.1) is 0 Å². The lowest BCUT2D eigenvalue weighted by atomic mass is 9.49. The average Bonchev–Trinajstić information content (AvgIpc) is 3.69. The summed E-state index contributed by atoms with van der Waals surface area (Å²) in [6.07, 6.45) is 7.04. The van der Waals surface area contributed by atoms with E-state index >= 15 is 0 Å². The number of hydrogen-bond donors (Lipinski definition) is 1. The normalized spacial score (nSPS) is 28.4. The van der Waals surface area contributed by atoms with Crippen LogP contribution in [0.2, 0.25) is 0 Å². The second-order valence-corrected chi connectivity index (χ2v) is 13.9. The van der Waals surface area contributed by atoms with Crippen molar-refractivity contribution in [2.75, 3.05) is 20.2 Å². The summed E-state index contributed by atoms with van der Waals surface area (Å²) in [4.78, 5) is 2.64. The monoisotopic (exact) mass is 573 g/mol. The summed E-state index contributed by atoms with van der Waals surface area (Å²) in [5.74, 6) is 2.38. The Morgan fingerprint density at radius 2 is 1.95 bits per heavy atom. The third-order valence-electron chi connectivity index (χ3n) is 11.8. The van der Waals surface area contributed by atoms with Crippen LogP contribution in [0.5, 0.6) is 11.5 Å². The molecule has 5 aliphatic rings. The van der Waals surface area contributed by atoms with Crippen molar-refractivity contribution in [3.05, 3.63) is 70.4 Å². The lowest BCUT2D eigenvalue weighted by molar-refractivity contribution is -0.173. The molecule has 2 bridgehead atoms. The van der Waals surface area contributed by atoms with E-state index in [2.05, 4.69) is 64.9 Å². The zero-order chi connectivity index (χ0) is 29.1. The number of aromatic nitrogens is 1. The molecule has 1 N–H and O–H groups in total. The van der Waals surface area contributed by atoms with E-state index in [1.165, 1.54) is 62.5 Å². The zero-order valence-electron chi connectivity index (χ0n) is 25.2. The van der Waals surface area contributed by atoms with Gasteiger partial charge in [0, 0.05) is 48.3 Å². The van der Waals surface area contributed by atoms with E-state index in [0.717, 1.165) is 62.7 Å². The first-order chi connectivity index (χ1) is 21.0. The number of nitrogens with zero attached hydrogens (tertiary/aromatic N) is 3. The van der Waals surface area contributed by atoms with Crippen molar-refractivity contribution in [1.82, 2.24) is 9.47 Å². The number of unbranched alkanes of at least 4 members (excludes halogenated alkanes) is 2. The van der Waals surface area contributed by atoms with Gasteiger partial charge in [0.05, 0.1) is 35.4 Å². The van der Waals surface area contributed by atoms with Crippen LogP contribution in [0.25, 0.3) is 21.7 Å². The highest BCUT2D eigenvalue weighted by Crippen LogP contribution is 2.69. The second kappa shape index (κ2) is 9.00. The summed E-state index contributed by atoms with van der Waals surface area (Å²) in [5, 5.41) is 26.5. The average molecular weight is 574 g/mol. The number of ether oxygens (including phenoxy) is 2. The number of rotatable bonds is 7. The van der Waals surface area contributed by atoms with Crippen LogP contribution in [-0.4, -0.2) is 46.4 Å². The molecule has 4 aromatic rings. The predicted octanol–water partition coefficient (Wildman–Crippen LogP) is 6.50. The number of piperidine rings is 1. The van der Waals surface area contributed by atoms with E-state index in [0.29, 0.717) is 12.8 Å². The molecule has 6 nitrogen and oxygen atoms in total. The van der Waals surface area contributed by atoms with Crippen LogP contribution in [-0.2, 0) is 24.8 Å². The van der Waals surface area contributed by atoms with Crippen molar-refractivity contribution in [3.8, 4) is 17.6 Å². The van der Waals surface area contributed by atoms with Crippen LogP contribution in [0.15, 0.2) is 42.5 Å². The summed E-state index contributed by atoms with van der Waals surface area (Å²) in [7, 11) is 1.73. The Morgan fingerprint density at radius 1 is 1.12 bits per heavy atom. The number of fused-ring (bicyclic) bond motifs is 6. The minimum Gasteiger partial charge on any atom is -0.493 e. The van der Waals surface area contributed by atoms with Crippen LogP contribution in [0.1, 0.15) is 72.6 Å². The first-order valence-electron chi connectivity index (χ1n) is 16.2. The van der Waals surface area contributed by atoms with Gasteiger partial charge in [0.25, 0.3) is 0 Å². The highest BCUT2D eigenvalue weighted by Gasteiger charge is 2.73. The lowest BCUT2D eigenvalue weighted by Crippen LogP contribution is -2.74. The first kappa shape index (κ1) is 25.9. The number of aryl methyl sites for hydroxylation is 2. The van der Waals surface area contributed by atoms with Crippen molar-refractivity contribution >= 4 is 21.7 Å². The number of hydrogen-bond acceptors (Lipinski definition) is 5. The third kappa shape index (κ3) is 3.25. The van der Waals surface area contributed by atoms with E-state index in [1.807, 2.05) is 0 Å². The Kier molecular flexibility index (Phi) is 5.43. The molecule has 0 amide bonds. The molecule has 1 saturated heterocycles. The number of aliphatic hydroxyl groups is 1. The van der Waals surface area contributed by atoms with Crippen LogP contribution in [0.4, 0.5) is 0 Å². The van der Waals surface area contributed by atoms with Gasteiger partial charge in [-0.2, -0.15) is 5.26 Å². The number of nitriles is 1. The maximum absolute atomic E-state index is 13.4. The molecule has 2 aliphatic heterocycles. The maximum atomic E-state index is 13.4. The van der Waals surface area contributed by atoms with Crippen LogP contribution < -0.4 is 9.47 Å². The van der Waals surface area contributed by atoms with Gasteiger partial charge >= 0.3 is 0 Å². The summed E-state index contributed by atoms with van der Waals surface area (Å²) in [5.41, 5.74) is 6.04. The summed E-state index contributed by atoms with van der Waals surface area (Å²) in [6, 6.07) is 17.8. The van der Waals surface area contributed by atoms with Crippen molar-refractivity contribution in [3.63, 3.8) is 0 Å². The van der Waals surface area contributed by atoms with E-state index < -0.39 is 11.0 Å². The number of likely N-dealkylation sites (tertiary alicyclic amines) is 1. The largest absolute Gasteiger partial charge is 0.493 e. The van der Waals surface area contributed by atoms with Gasteiger partial charge in [0.2, 0.25) is 0 Å². The molecule has 0 radical (unpaired) electrons. The van der Waals surface area contributed by atoms with Gasteiger partial charge in [-0.1, -0.05) is 30.3 Å². The predicted molar refractivity (Wildman–Crippen MR) is 167 cm³/mol. The van der Waals surface area contributed by atoms with E-state index in [4.69, 9.17) is 9.47 Å². The molecule has 3 aromatic carbocycles. The molecule has 43 heavy (non-hydrogen) atoms. The fourth-order valence-corrected chi connectivity index (χ4v) is 9.75. The maximum Gasteiger partial charge on any atom is 0.166 e. The molecule has 2 fully saturated rings. The van der Waals surface area contributed by atoms with Gasteiger partial charge in [-0.3, -0.25) is 4.90 Å². The molecule has 1 aromatic heterocycles. The molecule has 3 aliphatic carbocycles. The Bertz CT molecular complexity index is 1860. The van der Waals surface area contributed by atoms with Gasteiger partial charge < -0.3 is 19.1 Å². The lowest BCUT2D eigenvalue weighted by Gasteiger charge is -2.63.